The number of nitrogens with one attached hydrogen (secondary N) is 2. The summed E-state index contributed by atoms with van der Waals surface area (Å²) in [6.07, 6.45) is 4.64. The molecular weight excluding hydrogens is 206 g/mol. The Hall–Kier alpha value is -1.83. The number of hydrogen-bond acceptors (Lipinski definition) is 3. The fourth-order valence-electron chi connectivity index (χ4n) is 0.946. The van der Waals surface area contributed by atoms with Crippen LogP contribution in [0.1, 0.15) is 26.2 Å². The normalized spacial score (nSPS) is 9.75. The van der Waals surface area contributed by atoms with E-state index in [0.717, 1.165) is 6.42 Å². The van der Waals surface area contributed by atoms with Crippen LogP contribution in [0, 0.1) is 11.3 Å². The molecule has 0 heterocycles. The lowest BCUT2D eigenvalue weighted by Gasteiger charge is -2.03. The van der Waals surface area contributed by atoms with Crippen LogP contribution in [0.5, 0.6) is 0 Å². The number of carbonyl (C=O) groups excluding carboxylic acids is 2. The average molecular weight is 223 g/mol. The molecule has 0 aliphatic carbocycles. The summed E-state index contributed by atoms with van der Waals surface area (Å²) >= 11 is 0. The van der Waals surface area contributed by atoms with Crippen molar-refractivity contribution in [1.29, 1.82) is 5.26 Å². The maximum absolute atomic E-state index is 11.1. The molecule has 0 rings (SSSR count). The highest BCUT2D eigenvalue weighted by Crippen LogP contribution is 1.81. The minimum absolute atomic E-state index is 0.119. The van der Waals surface area contributed by atoms with Crippen molar-refractivity contribution in [2.24, 2.45) is 0 Å². The van der Waals surface area contributed by atoms with Crippen LogP contribution < -0.4 is 10.6 Å². The number of allylic oxidation sites excluding steroid dienone is 1. The number of nitriles is 1. The lowest BCUT2D eigenvalue weighted by atomic mass is 10.3. The highest BCUT2D eigenvalue weighted by atomic mass is 16.2. The second-order valence-corrected chi connectivity index (χ2v) is 3.14. The van der Waals surface area contributed by atoms with Gasteiger partial charge in [-0.3, -0.25) is 9.59 Å². The largest absolute Gasteiger partial charge is 0.355 e. The van der Waals surface area contributed by atoms with Gasteiger partial charge in [0.1, 0.15) is 6.42 Å². The van der Waals surface area contributed by atoms with Gasteiger partial charge in [-0.1, -0.05) is 13.0 Å². The summed E-state index contributed by atoms with van der Waals surface area (Å²) in [6, 6.07) is 1.76. The molecular formula is C11H17N3O2. The molecule has 0 aromatic carbocycles. The second kappa shape index (κ2) is 9.71. The number of amides is 2. The van der Waals surface area contributed by atoms with Crippen LogP contribution in [-0.4, -0.2) is 24.9 Å². The molecule has 0 spiro atoms. The van der Waals surface area contributed by atoms with Gasteiger partial charge in [-0.25, -0.2) is 0 Å². The van der Waals surface area contributed by atoms with E-state index in [-0.39, 0.29) is 18.2 Å². The smallest absolute Gasteiger partial charge is 0.243 e. The first-order chi connectivity index (χ1) is 7.70. The van der Waals surface area contributed by atoms with Crippen LogP contribution in [0.2, 0.25) is 0 Å². The van der Waals surface area contributed by atoms with Crippen molar-refractivity contribution in [1.82, 2.24) is 10.6 Å². The van der Waals surface area contributed by atoms with Crippen molar-refractivity contribution in [3.63, 3.8) is 0 Å². The molecule has 2 N–H and O–H groups in total. The Kier molecular flexibility index (Phi) is 8.60. The predicted octanol–water partition coefficient (Wildman–Crippen LogP) is 0.489. The van der Waals surface area contributed by atoms with Crippen molar-refractivity contribution < 1.29 is 9.59 Å². The lowest BCUT2D eigenvalue weighted by molar-refractivity contribution is -0.120. The van der Waals surface area contributed by atoms with Crippen molar-refractivity contribution in [2.75, 3.05) is 13.1 Å². The molecule has 0 aromatic rings. The van der Waals surface area contributed by atoms with Gasteiger partial charge in [0.05, 0.1) is 6.07 Å². The van der Waals surface area contributed by atoms with Crippen LogP contribution in [-0.2, 0) is 9.59 Å². The van der Waals surface area contributed by atoms with Crippen LogP contribution in [0.4, 0.5) is 0 Å². The highest BCUT2D eigenvalue weighted by molar-refractivity contribution is 5.87. The Balaban J connectivity index is 3.40. The van der Waals surface area contributed by atoms with Crippen molar-refractivity contribution >= 4 is 11.8 Å². The fraction of sp³-hybridized carbons (Fsp3) is 0.545. The molecule has 5 nitrogen and oxygen atoms in total. The van der Waals surface area contributed by atoms with Gasteiger partial charge in [0.25, 0.3) is 0 Å². The zero-order valence-corrected chi connectivity index (χ0v) is 9.45. The Morgan fingerprint density at radius 3 is 2.62 bits per heavy atom. The molecule has 5 heteroatoms. The standard InChI is InChI=1S/C11H17N3O2/c1-2-3-5-10(15)13-8-4-9-14-11(16)6-7-12/h3,5H,2,4,6,8-9H2,1H3,(H,13,15)(H,14,16)/b5-3+. The minimum Gasteiger partial charge on any atom is -0.355 e. The van der Waals surface area contributed by atoms with Gasteiger partial charge < -0.3 is 10.6 Å². The zero-order valence-electron chi connectivity index (χ0n) is 9.45. The van der Waals surface area contributed by atoms with Gasteiger partial charge in [-0.05, 0) is 18.9 Å². The number of rotatable bonds is 7. The minimum atomic E-state index is -0.278. The van der Waals surface area contributed by atoms with Gasteiger partial charge in [0.15, 0.2) is 0 Å². The molecule has 0 saturated heterocycles. The van der Waals surface area contributed by atoms with Crippen molar-refractivity contribution in [2.45, 2.75) is 26.2 Å². The van der Waals surface area contributed by atoms with Gasteiger partial charge in [-0.2, -0.15) is 5.26 Å². The fourth-order valence-corrected chi connectivity index (χ4v) is 0.946. The third-order valence-corrected chi connectivity index (χ3v) is 1.72. The monoisotopic (exact) mass is 223 g/mol. The molecule has 0 aromatic heterocycles. The number of nitrogens with zero attached hydrogens (tertiary/aromatic N) is 1. The summed E-state index contributed by atoms with van der Waals surface area (Å²) in [5.41, 5.74) is 0. The molecule has 0 saturated carbocycles. The SMILES string of the molecule is CC/C=C/C(=O)NCCCNC(=O)CC#N. The van der Waals surface area contributed by atoms with Crippen molar-refractivity contribution in [3.05, 3.63) is 12.2 Å². The molecule has 2 amide bonds. The van der Waals surface area contributed by atoms with E-state index in [0.29, 0.717) is 19.5 Å². The topological polar surface area (TPSA) is 82.0 Å². The Bertz CT molecular complexity index is 292. The quantitative estimate of drug-likeness (QED) is 0.486. The summed E-state index contributed by atoms with van der Waals surface area (Å²) in [5.74, 6) is -0.398. The van der Waals surface area contributed by atoms with Gasteiger partial charge >= 0.3 is 0 Å². The molecule has 0 bridgehead atoms. The predicted molar refractivity (Wildman–Crippen MR) is 60.3 cm³/mol. The summed E-state index contributed by atoms with van der Waals surface area (Å²) < 4.78 is 0. The highest BCUT2D eigenvalue weighted by Gasteiger charge is 1.98. The molecule has 0 aliphatic rings. The summed E-state index contributed by atoms with van der Waals surface area (Å²) in [5, 5.41) is 13.5. The third kappa shape index (κ3) is 8.75. The summed E-state index contributed by atoms with van der Waals surface area (Å²) in [6.45, 7) is 2.94. The van der Waals surface area contributed by atoms with Crippen molar-refractivity contribution in [3.8, 4) is 6.07 Å². The van der Waals surface area contributed by atoms with E-state index in [1.54, 1.807) is 12.1 Å². The summed E-state index contributed by atoms with van der Waals surface area (Å²) in [4.78, 5) is 21.9. The first-order valence-corrected chi connectivity index (χ1v) is 5.28. The van der Waals surface area contributed by atoms with Crippen LogP contribution in [0.15, 0.2) is 12.2 Å². The van der Waals surface area contributed by atoms with E-state index in [9.17, 15) is 9.59 Å². The molecule has 0 aliphatic heterocycles. The zero-order chi connectivity index (χ0) is 12.2. The molecule has 16 heavy (non-hydrogen) atoms. The van der Waals surface area contributed by atoms with Crippen LogP contribution in [0.3, 0.4) is 0 Å². The maximum atomic E-state index is 11.1. The molecule has 0 radical (unpaired) electrons. The van der Waals surface area contributed by atoms with E-state index < -0.39 is 0 Å². The Morgan fingerprint density at radius 2 is 2.00 bits per heavy atom. The Morgan fingerprint density at radius 1 is 1.31 bits per heavy atom. The molecule has 0 atom stereocenters. The van der Waals surface area contributed by atoms with Gasteiger partial charge in [0.2, 0.25) is 11.8 Å². The van der Waals surface area contributed by atoms with Crippen LogP contribution in [0.25, 0.3) is 0 Å². The third-order valence-electron chi connectivity index (χ3n) is 1.72. The number of carbonyl (C=O) groups is 2. The molecule has 0 unspecified atom stereocenters. The lowest BCUT2D eigenvalue weighted by Crippen LogP contribution is -2.28. The van der Waals surface area contributed by atoms with Gasteiger partial charge in [0, 0.05) is 13.1 Å². The first-order valence-electron chi connectivity index (χ1n) is 5.28. The van der Waals surface area contributed by atoms with Gasteiger partial charge in [-0.15, -0.1) is 0 Å². The Labute approximate surface area is 95.5 Å². The summed E-state index contributed by atoms with van der Waals surface area (Å²) in [7, 11) is 0. The average Bonchev–Trinajstić information content (AvgIpc) is 2.26. The van der Waals surface area contributed by atoms with Crippen LogP contribution >= 0.6 is 0 Å². The number of hydrogen-bond donors (Lipinski definition) is 2. The first kappa shape index (κ1) is 14.2. The van der Waals surface area contributed by atoms with E-state index in [4.69, 9.17) is 5.26 Å². The maximum Gasteiger partial charge on any atom is 0.243 e. The van der Waals surface area contributed by atoms with E-state index in [1.807, 2.05) is 6.92 Å². The van der Waals surface area contributed by atoms with E-state index in [1.165, 1.54) is 6.08 Å². The van der Waals surface area contributed by atoms with E-state index in [2.05, 4.69) is 10.6 Å². The van der Waals surface area contributed by atoms with E-state index >= 15 is 0 Å². The molecule has 88 valence electrons. The second-order valence-electron chi connectivity index (χ2n) is 3.14. The molecule has 0 fully saturated rings.